The maximum absolute atomic E-state index is 12.6. The zero-order chi connectivity index (χ0) is 16.1. The summed E-state index contributed by atoms with van der Waals surface area (Å²) in [6.45, 7) is 3.54. The molecule has 1 saturated heterocycles. The average molecular weight is 303 g/mol. The highest BCUT2D eigenvalue weighted by Crippen LogP contribution is 2.71. The Bertz CT molecular complexity index is 586. The Hall–Kier alpha value is -1.90. The number of carbonyl (C=O) groups excluding carboxylic acids is 3. The van der Waals surface area contributed by atoms with Crippen LogP contribution in [0.4, 0.5) is 0 Å². The van der Waals surface area contributed by atoms with Crippen LogP contribution in [0.15, 0.2) is 0 Å². The van der Waals surface area contributed by atoms with Gasteiger partial charge >= 0.3 is 0 Å². The van der Waals surface area contributed by atoms with Gasteiger partial charge in [0.05, 0.1) is 12.5 Å². The van der Waals surface area contributed by atoms with Gasteiger partial charge in [0.15, 0.2) is 0 Å². The van der Waals surface area contributed by atoms with Gasteiger partial charge in [-0.1, -0.05) is 12.8 Å². The van der Waals surface area contributed by atoms with E-state index >= 15 is 0 Å². The molecule has 1 aliphatic heterocycles. The first kappa shape index (κ1) is 15.0. The lowest BCUT2D eigenvalue weighted by Gasteiger charge is -2.20. The lowest BCUT2D eigenvalue weighted by Crippen LogP contribution is -2.46. The van der Waals surface area contributed by atoms with Gasteiger partial charge in [-0.05, 0) is 33.1 Å². The molecule has 6 heteroatoms. The topological polar surface area (TPSA) is 90.3 Å². The molecule has 3 amide bonds. The quantitative estimate of drug-likeness (QED) is 0.791. The maximum atomic E-state index is 12.6. The van der Waals surface area contributed by atoms with Crippen molar-refractivity contribution in [2.45, 2.75) is 64.5 Å². The summed E-state index contributed by atoms with van der Waals surface area (Å²) in [5.41, 5.74) is -1.17. The molecule has 2 atom stereocenters. The van der Waals surface area contributed by atoms with E-state index < -0.39 is 11.5 Å². The molecule has 2 saturated carbocycles. The molecule has 0 aromatic carbocycles. The fourth-order valence-corrected chi connectivity index (χ4v) is 4.24. The summed E-state index contributed by atoms with van der Waals surface area (Å²) in [7, 11) is 0. The van der Waals surface area contributed by atoms with Gasteiger partial charge in [0.25, 0.3) is 5.91 Å². The predicted molar refractivity (Wildman–Crippen MR) is 77.1 cm³/mol. The zero-order valence-electron chi connectivity index (χ0n) is 13.0. The number of likely N-dealkylation sites (tertiary alicyclic amines) is 1. The monoisotopic (exact) mass is 303 g/mol. The summed E-state index contributed by atoms with van der Waals surface area (Å²) in [4.78, 5) is 37.9. The van der Waals surface area contributed by atoms with Crippen LogP contribution in [-0.2, 0) is 14.4 Å². The summed E-state index contributed by atoms with van der Waals surface area (Å²) in [6.07, 6.45) is 4.51. The van der Waals surface area contributed by atoms with Gasteiger partial charge in [-0.2, -0.15) is 5.26 Å². The first-order valence-electron chi connectivity index (χ1n) is 7.95. The number of nitriles is 1. The van der Waals surface area contributed by atoms with Crippen molar-refractivity contribution in [2.24, 2.45) is 10.8 Å². The second-order valence-electron chi connectivity index (χ2n) is 7.11. The van der Waals surface area contributed by atoms with Gasteiger partial charge in [0, 0.05) is 11.5 Å². The van der Waals surface area contributed by atoms with Crippen LogP contribution in [0.2, 0.25) is 0 Å². The first-order chi connectivity index (χ1) is 10.4. The van der Waals surface area contributed by atoms with Crippen LogP contribution in [0.5, 0.6) is 0 Å². The molecule has 0 radical (unpaired) electrons. The van der Waals surface area contributed by atoms with Crippen molar-refractivity contribution in [1.82, 2.24) is 10.2 Å². The molecule has 2 aliphatic carbocycles. The summed E-state index contributed by atoms with van der Waals surface area (Å²) in [6, 6.07) is 1.17. The Morgan fingerprint density at radius 1 is 1.36 bits per heavy atom. The second kappa shape index (κ2) is 4.80. The van der Waals surface area contributed by atoms with Gasteiger partial charge in [-0.15, -0.1) is 0 Å². The molecule has 1 spiro atoms. The number of carbonyl (C=O) groups is 3. The molecule has 1 heterocycles. The van der Waals surface area contributed by atoms with Gasteiger partial charge in [-0.3, -0.25) is 19.3 Å². The minimum absolute atomic E-state index is 0.00272. The number of rotatable bonds is 3. The minimum Gasteiger partial charge on any atom is -0.342 e. The van der Waals surface area contributed by atoms with Crippen molar-refractivity contribution in [3.8, 4) is 6.07 Å². The molecule has 22 heavy (non-hydrogen) atoms. The summed E-state index contributed by atoms with van der Waals surface area (Å²) < 4.78 is 0. The fourth-order valence-electron chi connectivity index (χ4n) is 4.24. The highest BCUT2D eigenvalue weighted by molar-refractivity contribution is 6.07. The molecule has 6 nitrogen and oxygen atoms in total. The second-order valence-corrected chi connectivity index (χ2v) is 7.11. The van der Waals surface area contributed by atoms with E-state index in [1.54, 1.807) is 13.8 Å². The molecule has 0 aromatic heterocycles. The Labute approximate surface area is 129 Å². The summed E-state index contributed by atoms with van der Waals surface area (Å²) in [5.74, 6) is -0.987. The molecular formula is C16H21N3O3. The van der Waals surface area contributed by atoms with Crippen molar-refractivity contribution in [2.75, 3.05) is 0 Å². The van der Waals surface area contributed by atoms with Gasteiger partial charge < -0.3 is 5.32 Å². The van der Waals surface area contributed by atoms with E-state index in [1.807, 2.05) is 0 Å². The van der Waals surface area contributed by atoms with Crippen LogP contribution in [0.1, 0.15) is 52.4 Å². The van der Waals surface area contributed by atoms with E-state index in [4.69, 9.17) is 0 Å². The van der Waals surface area contributed by atoms with Crippen LogP contribution in [0.25, 0.3) is 0 Å². The standard InChI is InChI=1S/C16H21N3O3/c1-10(2)19-12(20)7-11(13(19)21)18-14(22)16(9-17)8-15(16)5-3-4-6-15/h10-11H,3-8H2,1-2H3,(H,18,22). The molecule has 0 aromatic rings. The zero-order valence-corrected chi connectivity index (χ0v) is 13.0. The number of nitrogens with zero attached hydrogens (tertiary/aromatic N) is 2. The molecule has 3 rings (SSSR count). The van der Waals surface area contributed by atoms with Gasteiger partial charge in [-0.25, -0.2) is 0 Å². The van der Waals surface area contributed by atoms with Crippen molar-refractivity contribution >= 4 is 17.7 Å². The van der Waals surface area contributed by atoms with Gasteiger partial charge in [0.1, 0.15) is 11.5 Å². The third kappa shape index (κ3) is 1.88. The van der Waals surface area contributed by atoms with Crippen LogP contribution in [0, 0.1) is 22.2 Å². The van der Waals surface area contributed by atoms with E-state index in [9.17, 15) is 19.6 Å². The van der Waals surface area contributed by atoms with Crippen LogP contribution in [0.3, 0.4) is 0 Å². The third-order valence-corrected chi connectivity index (χ3v) is 5.53. The number of hydrogen-bond acceptors (Lipinski definition) is 4. The highest BCUT2D eigenvalue weighted by atomic mass is 16.2. The Morgan fingerprint density at radius 2 is 2.00 bits per heavy atom. The highest BCUT2D eigenvalue weighted by Gasteiger charge is 2.73. The molecule has 2 unspecified atom stereocenters. The van der Waals surface area contributed by atoms with Crippen LogP contribution in [-0.4, -0.2) is 34.7 Å². The number of nitrogens with one attached hydrogen (secondary N) is 1. The molecular weight excluding hydrogens is 282 g/mol. The smallest absolute Gasteiger partial charge is 0.252 e. The summed E-state index contributed by atoms with van der Waals surface area (Å²) in [5, 5.41) is 12.2. The third-order valence-electron chi connectivity index (χ3n) is 5.53. The molecule has 1 N–H and O–H groups in total. The first-order valence-corrected chi connectivity index (χ1v) is 7.95. The normalized spacial score (nSPS) is 32.6. The Balaban J connectivity index is 1.72. The van der Waals surface area contributed by atoms with Crippen LogP contribution >= 0.6 is 0 Å². The predicted octanol–water partition coefficient (Wildman–Crippen LogP) is 1.11. The lowest BCUT2D eigenvalue weighted by atomic mass is 9.91. The van der Waals surface area contributed by atoms with E-state index in [2.05, 4.69) is 11.4 Å². The van der Waals surface area contributed by atoms with Crippen LogP contribution < -0.4 is 5.32 Å². The Kier molecular flexibility index (Phi) is 3.28. The van der Waals surface area contributed by atoms with Crippen molar-refractivity contribution in [1.29, 1.82) is 5.26 Å². The lowest BCUT2D eigenvalue weighted by molar-refractivity contribution is -0.141. The van der Waals surface area contributed by atoms with E-state index in [0.29, 0.717) is 6.42 Å². The minimum atomic E-state index is -0.988. The number of hydrogen-bond donors (Lipinski definition) is 1. The fraction of sp³-hybridized carbons (Fsp3) is 0.750. The Morgan fingerprint density at radius 3 is 2.50 bits per heavy atom. The maximum Gasteiger partial charge on any atom is 0.252 e. The number of imide groups is 1. The largest absolute Gasteiger partial charge is 0.342 e. The molecule has 3 fully saturated rings. The summed E-state index contributed by atoms with van der Waals surface area (Å²) >= 11 is 0. The number of amides is 3. The van der Waals surface area contributed by atoms with E-state index in [0.717, 1.165) is 25.7 Å². The van der Waals surface area contributed by atoms with Gasteiger partial charge in [0.2, 0.25) is 11.8 Å². The molecule has 3 aliphatic rings. The van der Waals surface area contributed by atoms with Crippen molar-refractivity contribution in [3.05, 3.63) is 0 Å². The molecule has 0 bridgehead atoms. The average Bonchev–Trinajstić information content (AvgIpc) is 2.70. The van der Waals surface area contributed by atoms with E-state index in [1.165, 1.54) is 4.90 Å². The van der Waals surface area contributed by atoms with E-state index in [-0.39, 0.29) is 35.6 Å². The van der Waals surface area contributed by atoms with Crippen molar-refractivity contribution < 1.29 is 14.4 Å². The molecule has 118 valence electrons. The SMILES string of the molecule is CC(C)N1C(=O)CC(NC(=O)C2(C#N)CC23CCCC3)C1=O. The van der Waals surface area contributed by atoms with Crippen molar-refractivity contribution in [3.63, 3.8) is 0 Å².